The lowest BCUT2D eigenvalue weighted by Crippen LogP contribution is -2.02. The lowest BCUT2D eigenvalue weighted by molar-refractivity contribution is -0.136. The van der Waals surface area contributed by atoms with E-state index in [1.807, 2.05) is 49.4 Å². The van der Waals surface area contributed by atoms with Gasteiger partial charge in [-0.15, -0.1) is 0 Å². The van der Waals surface area contributed by atoms with E-state index in [0.29, 0.717) is 44.6 Å². The summed E-state index contributed by atoms with van der Waals surface area (Å²) in [5.41, 5.74) is 4.00. The highest BCUT2D eigenvalue weighted by Crippen LogP contribution is 2.42. The fraction of sp³-hybridized carbons (Fsp3) is 0.111. The molecule has 0 aliphatic heterocycles. The van der Waals surface area contributed by atoms with Crippen LogP contribution in [0.3, 0.4) is 0 Å². The minimum Gasteiger partial charge on any atom is -0.497 e. The van der Waals surface area contributed by atoms with Gasteiger partial charge in [-0.3, -0.25) is 4.79 Å². The molecular formula is C27H20O6. The van der Waals surface area contributed by atoms with E-state index in [0.717, 1.165) is 16.7 Å². The monoisotopic (exact) mass is 440 g/mol. The molecule has 0 unspecified atom stereocenters. The van der Waals surface area contributed by atoms with E-state index in [1.165, 1.54) is 6.07 Å². The van der Waals surface area contributed by atoms with Gasteiger partial charge < -0.3 is 18.7 Å². The third kappa shape index (κ3) is 3.55. The van der Waals surface area contributed by atoms with Gasteiger partial charge in [0.15, 0.2) is 0 Å². The van der Waals surface area contributed by atoms with Gasteiger partial charge in [0, 0.05) is 28.1 Å². The van der Waals surface area contributed by atoms with Crippen LogP contribution in [0.15, 0.2) is 80.4 Å². The van der Waals surface area contributed by atoms with Crippen LogP contribution >= 0.6 is 0 Å². The minimum absolute atomic E-state index is 0.210. The van der Waals surface area contributed by atoms with E-state index in [-0.39, 0.29) is 6.42 Å². The number of carboxylic acids is 1. The SMILES string of the molecule is COc1ccc(-c2oc3c(c(C)cc4oc(=O)cc(-c5ccccc5)c43)c2CC(=O)O)cc1. The van der Waals surface area contributed by atoms with Gasteiger partial charge in [-0.05, 0) is 48.4 Å². The number of fused-ring (bicyclic) bond motifs is 3. The largest absolute Gasteiger partial charge is 0.497 e. The van der Waals surface area contributed by atoms with Gasteiger partial charge in [-0.2, -0.15) is 0 Å². The summed E-state index contributed by atoms with van der Waals surface area (Å²) in [5.74, 6) is 0.190. The minimum atomic E-state index is -0.963. The predicted molar refractivity (Wildman–Crippen MR) is 126 cm³/mol. The number of carbonyl (C=O) groups is 1. The second kappa shape index (κ2) is 7.98. The maximum Gasteiger partial charge on any atom is 0.336 e. The first-order valence-electron chi connectivity index (χ1n) is 10.4. The third-order valence-corrected chi connectivity index (χ3v) is 5.73. The van der Waals surface area contributed by atoms with Gasteiger partial charge in [-0.1, -0.05) is 30.3 Å². The van der Waals surface area contributed by atoms with Crippen LogP contribution < -0.4 is 10.4 Å². The van der Waals surface area contributed by atoms with Crippen LogP contribution in [0, 0.1) is 6.92 Å². The first kappa shape index (κ1) is 20.6. The normalized spacial score (nSPS) is 11.2. The smallest absolute Gasteiger partial charge is 0.336 e. The molecule has 5 rings (SSSR count). The highest BCUT2D eigenvalue weighted by molar-refractivity contribution is 6.13. The number of hydrogen-bond donors (Lipinski definition) is 1. The van der Waals surface area contributed by atoms with Gasteiger partial charge in [-0.25, -0.2) is 4.79 Å². The average Bonchev–Trinajstić information content (AvgIpc) is 3.18. The number of aliphatic carboxylic acids is 1. The fourth-order valence-corrected chi connectivity index (χ4v) is 4.32. The van der Waals surface area contributed by atoms with E-state index in [9.17, 15) is 14.7 Å². The Bertz CT molecular complexity index is 1560. The number of ether oxygens (including phenoxy) is 1. The molecule has 0 aliphatic rings. The van der Waals surface area contributed by atoms with Crippen molar-refractivity contribution in [1.29, 1.82) is 0 Å². The van der Waals surface area contributed by atoms with Crippen molar-refractivity contribution in [3.05, 3.63) is 88.3 Å². The zero-order chi connectivity index (χ0) is 23.1. The van der Waals surface area contributed by atoms with Gasteiger partial charge in [0.25, 0.3) is 0 Å². The molecular weight excluding hydrogens is 420 g/mol. The fourth-order valence-electron chi connectivity index (χ4n) is 4.32. The molecule has 0 aliphatic carbocycles. The Morgan fingerprint density at radius 3 is 2.33 bits per heavy atom. The van der Waals surface area contributed by atoms with Crippen molar-refractivity contribution in [2.24, 2.45) is 0 Å². The maximum absolute atomic E-state index is 12.3. The summed E-state index contributed by atoms with van der Waals surface area (Å²) >= 11 is 0. The molecule has 2 heterocycles. The van der Waals surface area contributed by atoms with Gasteiger partial charge in [0.05, 0.1) is 18.9 Å². The van der Waals surface area contributed by atoms with Crippen molar-refractivity contribution in [3.63, 3.8) is 0 Å². The Hall–Kier alpha value is -4.32. The highest BCUT2D eigenvalue weighted by atomic mass is 16.5. The van der Waals surface area contributed by atoms with Crippen molar-refractivity contribution >= 4 is 27.9 Å². The zero-order valence-electron chi connectivity index (χ0n) is 18.0. The molecule has 0 spiro atoms. The van der Waals surface area contributed by atoms with Crippen molar-refractivity contribution in [1.82, 2.24) is 0 Å². The van der Waals surface area contributed by atoms with Crippen molar-refractivity contribution < 1.29 is 23.5 Å². The summed E-state index contributed by atoms with van der Waals surface area (Å²) in [4.78, 5) is 24.1. The van der Waals surface area contributed by atoms with Gasteiger partial charge >= 0.3 is 11.6 Å². The van der Waals surface area contributed by atoms with Gasteiger partial charge in [0.1, 0.15) is 22.7 Å². The molecule has 1 N–H and O–H groups in total. The second-order valence-electron chi connectivity index (χ2n) is 7.82. The van der Waals surface area contributed by atoms with E-state index in [2.05, 4.69) is 0 Å². The molecule has 5 aromatic rings. The van der Waals surface area contributed by atoms with Crippen LogP contribution in [0.2, 0.25) is 0 Å². The Balaban J connectivity index is 1.91. The highest BCUT2D eigenvalue weighted by Gasteiger charge is 2.24. The topological polar surface area (TPSA) is 89.9 Å². The molecule has 2 aromatic heterocycles. The molecule has 0 radical (unpaired) electrons. The van der Waals surface area contributed by atoms with Crippen molar-refractivity contribution in [3.8, 4) is 28.2 Å². The van der Waals surface area contributed by atoms with Crippen LogP contribution in [0.4, 0.5) is 0 Å². The van der Waals surface area contributed by atoms with Crippen LogP contribution in [0.25, 0.3) is 44.4 Å². The van der Waals surface area contributed by atoms with Crippen LogP contribution in [0.1, 0.15) is 11.1 Å². The first-order chi connectivity index (χ1) is 16.0. The van der Waals surface area contributed by atoms with Gasteiger partial charge in [0.2, 0.25) is 0 Å². The van der Waals surface area contributed by atoms with E-state index in [4.69, 9.17) is 13.6 Å². The molecule has 164 valence electrons. The Labute approximate surface area is 188 Å². The van der Waals surface area contributed by atoms with Crippen LogP contribution in [-0.4, -0.2) is 18.2 Å². The number of furan rings is 1. The first-order valence-corrected chi connectivity index (χ1v) is 10.4. The summed E-state index contributed by atoms with van der Waals surface area (Å²) in [6, 6.07) is 20.0. The van der Waals surface area contributed by atoms with Crippen molar-refractivity contribution in [2.45, 2.75) is 13.3 Å². The summed E-state index contributed by atoms with van der Waals surface area (Å²) in [7, 11) is 1.58. The summed E-state index contributed by atoms with van der Waals surface area (Å²) in [6.45, 7) is 1.86. The molecule has 0 atom stereocenters. The average molecular weight is 440 g/mol. The number of rotatable bonds is 5. The molecule has 6 heteroatoms. The van der Waals surface area contributed by atoms with E-state index in [1.54, 1.807) is 25.3 Å². The summed E-state index contributed by atoms with van der Waals surface area (Å²) in [6.07, 6.45) is -0.210. The van der Waals surface area contributed by atoms with E-state index < -0.39 is 11.6 Å². The standard InChI is InChI=1S/C27H20O6/c1-15-12-21-25(19(14-23(30)32-21)16-6-4-3-5-7-16)27-24(15)20(13-22(28)29)26(33-27)17-8-10-18(31-2)11-9-17/h3-12,14H,13H2,1-2H3,(H,28,29). The zero-order valence-corrected chi connectivity index (χ0v) is 18.0. The number of benzene rings is 3. The Morgan fingerprint density at radius 2 is 1.67 bits per heavy atom. The molecule has 3 aromatic carbocycles. The van der Waals surface area contributed by atoms with Crippen molar-refractivity contribution in [2.75, 3.05) is 7.11 Å². The third-order valence-electron chi connectivity index (χ3n) is 5.73. The number of carboxylic acid groups (broad SMARTS) is 1. The van der Waals surface area contributed by atoms with Crippen LogP contribution in [0.5, 0.6) is 5.75 Å². The molecule has 33 heavy (non-hydrogen) atoms. The lowest BCUT2D eigenvalue weighted by atomic mass is 9.95. The molecule has 0 saturated carbocycles. The quantitative estimate of drug-likeness (QED) is 0.347. The maximum atomic E-state index is 12.3. The predicted octanol–water partition coefficient (Wildman–Crippen LogP) is 5.82. The Kier molecular flexibility index (Phi) is 4.98. The Morgan fingerprint density at radius 1 is 0.939 bits per heavy atom. The number of hydrogen-bond acceptors (Lipinski definition) is 5. The van der Waals surface area contributed by atoms with E-state index >= 15 is 0 Å². The number of aryl methyl sites for hydroxylation is 1. The van der Waals surface area contributed by atoms with Crippen LogP contribution in [-0.2, 0) is 11.2 Å². The summed E-state index contributed by atoms with van der Waals surface area (Å²) < 4.78 is 17.2. The summed E-state index contributed by atoms with van der Waals surface area (Å²) in [5, 5.41) is 11.0. The second-order valence-corrected chi connectivity index (χ2v) is 7.82. The molecule has 0 saturated heterocycles. The molecule has 0 fully saturated rings. The molecule has 6 nitrogen and oxygen atoms in total. The molecule has 0 bridgehead atoms. The lowest BCUT2D eigenvalue weighted by Gasteiger charge is -2.08. The molecule has 0 amide bonds. The number of methoxy groups -OCH3 is 1.